The second kappa shape index (κ2) is 6.58. The third-order valence-electron chi connectivity index (χ3n) is 4.68. The van der Waals surface area contributed by atoms with E-state index in [2.05, 4.69) is 22.2 Å². The molecule has 3 heterocycles. The Morgan fingerprint density at radius 2 is 2.23 bits per heavy atom. The van der Waals surface area contributed by atoms with Crippen LogP contribution in [0.1, 0.15) is 25.7 Å². The second-order valence-electron chi connectivity index (χ2n) is 6.49. The van der Waals surface area contributed by atoms with Crippen molar-refractivity contribution in [2.45, 2.75) is 43.9 Å². The lowest BCUT2D eigenvalue weighted by Gasteiger charge is -2.23. The molecule has 4 unspecified atom stereocenters. The monoisotopic (exact) mass is 327 g/mol. The molecular formula is C15H25N3O3S. The van der Waals surface area contributed by atoms with Gasteiger partial charge in [0.2, 0.25) is 0 Å². The van der Waals surface area contributed by atoms with Crippen LogP contribution in [-0.2, 0) is 14.6 Å². The zero-order valence-corrected chi connectivity index (χ0v) is 13.6. The first-order chi connectivity index (χ1) is 10.6. The predicted molar refractivity (Wildman–Crippen MR) is 86.7 cm³/mol. The Hall–Kier alpha value is -1.08. The van der Waals surface area contributed by atoms with Crippen molar-refractivity contribution in [3.8, 4) is 0 Å². The molecule has 3 aliphatic heterocycles. The van der Waals surface area contributed by atoms with Gasteiger partial charge in [0.15, 0.2) is 15.8 Å². The summed E-state index contributed by atoms with van der Waals surface area (Å²) >= 11 is 0. The predicted octanol–water partition coefficient (Wildman–Crippen LogP) is 0.462. The highest BCUT2D eigenvalue weighted by Crippen LogP contribution is 2.34. The van der Waals surface area contributed by atoms with Gasteiger partial charge in [-0.3, -0.25) is 4.99 Å². The molecule has 3 rings (SSSR count). The van der Waals surface area contributed by atoms with Crippen LogP contribution in [0.3, 0.4) is 0 Å². The SMILES string of the molecule is C=CCNC(=NCC1CCS(=O)(=O)C1)NC1CC2CCC1O2. The topological polar surface area (TPSA) is 79.8 Å². The molecule has 7 heteroatoms. The third-order valence-corrected chi connectivity index (χ3v) is 6.51. The fourth-order valence-corrected chi connectivity index (χ4v) is 5.37. The Morgan fingerprint density at radius 3 is 2.82 bits per heavy atom. The van der Waals surface area contributed by atoms with Gasteiger partial charge in [-0.25, -0.2) is 8.42 Å². The van der Waals surface area contributed by atoms with Crippen LogP contribution in [-0.4, -0.2) is 57.2 Å². The number of ether oxygens (including phenoxy) is 1. The average molecular weight is 327 g/mol. The minimum atomic E-state index is -2.84. The summed E-state index contributed by atoms with van der Waals surface area (Å²) in [5, 5.41) is 6.66. The van der Waals surface area contributed by atoms with Gasteiger partial charge in [0.25, 0.3) is 0 Å². The van der Waals surface area contributed by atoms with Gasteiger partial charge in [0, 0.05) is 13.1 Å². The molecule has 0 saturated carbocycles. The van der Waals surface area contributed by atoms with Gasteiger partial charge in [-0.15, -0.1) is 6.58 Å². The van der Waals surface area contributed by atoms with E-state index in [-0.39, 0.29) is 17.8 Å². The number of sulfone groups is 1. The van der Waals surface area contributed by atoms with E-state index in [0.29, 0.717) is 31.0 Å². The van der Waals surface area contributed by atoms with Crippen LogP contribution in [0.2, 0.25) is 0 Å². The molecule has 0 amide bonds. The Balaban J connectivity index is 1.56. The molecule has 124 valence electrons. The number of nitrogens with zero attached hydrogens (tertiary/aromatic N) is 1. The number of rotatable bonds is 5. The minimum Gasteiger partial charge on any atom is -0.373 e. The van der Waals surface area contributed by atoms with Crippen LogP contribution in [0, 0.1) is 5.92 Å². The molecule has 2 bridgehead atoms. The fourth-order valence-electron chi connectivity index (χ4n) is 3.52. The molecule has 3 fully saturated rings. The Labute approximate surface area is 132 Å². The molecule has 0 radical (unpaired) electrons. The quantitative estimate of drug-likeness (QED) is 0.436. The lowest BCUT2D eigenvalue weighted by atomic mass is 9.96. The average Bonchev–Trinajstić information content (AvgIpc) is 3.17. The summed E-state index contributed by atoms with van der Waals surface area (Å²) in [6.45, 7) is 4.89. The summed E-state index contributed by atoms with van der Waals surface area (Å²) in [5.41, 5.74) is 0. The van der Waals surface area contributed by atoms with E-state index < -0.39 is 9.84 Å². The molecule has 3 aliphatic rings. The van der Waals surface area contributed by atoms with Gasteiger partial charge in [-0.1, -0.05) is 6.08 Å². The van der Waals surface area contributed by atoms with E-state index in [1.165, 1.54) is 0 Å². The highest BCUT2D eigenvalue weighted by molar-refractivity contribution is 7.91. The number of aliphatic imine (C=N–C) groups is 1. The largest absolute Gasteiger partial charge is 0.373 e. The summed E-state index contributed by atoms with van der Waals surface area (Å²) in [7, 11) is -2.84. The van der Waals surface area contributed by atoms with Crippen molar-refractivity contribution in [2.75, 3.05) is 24.6 Å². The van der Waals surface area contributed by atoms with Crippen molar-refractivity contribution in [3.05, 3.63) is 12.7 Å². The van der Waals surface area contributed by atoms with Gasteiger partial charge >= 0.3 is 0 Å². The normalized spacial score (nSPS) is 36.5. The first kappa shape index (κ1) is 15.8. The molecule has 0 spiro atoms. The smallest absolute Gasteiger partial charge is 0.191 e. The highest BCUT2D eigenvalue weighted by atomic mass is 32.2. The van der Waals surface area contributed by atoms with Crippen molar-refractivity contribution in [1.82, 2.24) is 10.6 Å². The van der Waals surface area contributed by atoms with Crippen molar-refractivity contribution >= 4 is 15.8 Å². The van der Waals surface area contributed by atoms with Crippen LogP contribution in [0.5, 0.6) is 0 Å². The summed E-state index contributed by atoms with van der Waals surface area (Å²) in [6, 6.07) is 0.308. The molecule has 0 aliphatic carbocycles. The van der Waals surface area contributed by atoms with Gasteiger partial charge in [-0.05, 0) is 31.6 Å². The summed E-state index contributed by atoms with van der Waals surface area (Å²) in [6.07, 6.45) is 6.48. The van der Waals surface area contributed by atoms with E-state index in [1.807, 2.05) is 0 Å². The maximum absolute atomic E-state index is 11.5. The van der Waals surface area contributed by atoms with Gasteiger partial charge < -0.3 is 15.4 Å². The molecule has 0 aromatic carbocycles. The van der Waals surface area contributed by atoms with Crippen molar-refractivity contribution in [2.24, 2.45) is 10.9 Å². The van der Waals surface area contributed by atoms with E-state index in [9.17, 15) is 8.42 Å². The summed E-state index contributed by atoms with van der Waals surface area (Å²) in [4.78, 5) is 4.58. The number of nitrogens with one attached hydrogen (secondary N) is 2. The van der Waals surface area contributed by atoms with Gasteiger partial charge in [-0.2, -0.15) is 0 Å². The number of guanidine groups is 1. The second-order valence-corrected chi connectivity index (χ2v) is 8.72. The molecule has 3 saturated heterocycles. The molecule has 0 aromatic heterocycles. The molecule has 22 heavy (non-hydrogen) atoms. The Bertz CT molecular complexity index is 546. The maximum atomic E-state index is 11.5. The van der Waals surface area contributed by atoms with E-state index in [1.54, 1.807) is 6.08 Å². The summed E-state index contributed by atoms with van der Waals surface area (Å²) in [5.74, 6) is 1.45. The van der Waals surface area contributed by atoms with E-state index in [0.717, 1.165) is 31.6 Å². The molecule has 0 aromatic rings. The van der Waals surface area contributed by atoms with Crippen molar-refractivity contribution in [3.63, 3.8) is 0 Å². The van der Waals surface area contributed by atoms with Gasteiger partial charge in [0.05, 0.1) is 29.8 Å². The van der Waals surface area contributed by atoms with Crippen LogP contribution < -0.4 is 10.6 Å². The van der Waals surface area contributed by atoms with Gasteiger partial charge in [0.1, 0.15) is 0 Å². The lowest BCUT2D eigenvalue weighted by Crippen LogP contribution is -2.47. The first-order valence-electron chi connectivity index (χ1n) is 8.07. The number of hydrogen-bond donors (Lipinski definition) is 2. The highest BCUT2D eigenvalue weighted by Gasteiger charge is 2.41. The Kier molecular flexibility index (Phi) is 4.73. The third kappa shape index (κ3) is 3.81. The first-order valence-corrected chi connectivity index (χ1v) is 9.89. The zero-order valence-electron chi connectivity index (χ0n) is 12.8. The zero-order chi connectivity index (χ0) is 15.6. The van der Waals surface area contributed by atoms with Crippen LogP contribution in [0.15, 0.2) is 17.6 Å². The van der Waals surface area contributed by atoms with Crippen LogP contribution >= 0.6 is 0 Å². The summed E-state index contributed by atoms with van der Waals surface area (Å²) < 4.78 is 28.9. The van der Waals surface area contributed by atoms with Crippen molar-refractivity contribution in [1.29, 1.82) is 0 Å². The standard InChI is InChI=1S/C15H25N3O3S/c1-2-6-16-15(17-9-11-5-7-22(19,20)10-11)18-13-8-12-3-4-14(13)21-12/h2,11-14H,1,3-10H2,(H2,16,17,18). The fraction of sp³-hybridized carbons (Fsp3) is 0.800. The minimum absolute atomic E-state index is 0.142. The van der Waals surface area contributed by atoms with Crippen LogP contribution in [0.25, 0.3) is 0 Å². The maximum Gasteiger partial charge on any atom is 0.191 e. The van der Waals surface area contributed by atoms with E-state index >= 15 is 0 Å². The molecule has 2 N–H and O–H groups in total. The molecule has 6 nitrogen and oxygen atoms in total. The molecule has 4 atom stereocenters. The molecular weight excluding hydrogens is 302 g/mol. The van der Waals surface area contributed by atoms with E-state index in [4.69, 9.17) is 4.74 Å². The number of hydrogen-bond acceptors (Lipinski definition) is 4. The lowest BCUT2D eigenvalue weighted by molar-refractivity contribution is 0.0992. The van der Waals surface area contributed by atoms with Crippen molar-refractivity contribution < 1.29 is 13.2 Å². The van der Waals surface area contributed by atoms with Crippen LogP contribution in [0.4, 0.5) is 0 Å². The Morgan fingerprint density at radius 1 is 1.36 bits per heavy atom. The number of fused-ring (bicyclic) bond motifs is 2.